The summed E-state index contributed by atoms with van der Waals surface area (Å²) in [6, 6.07) is -0.504. The van der Waals surface area contributed by atoms with Gasteiger partial charge < -0.3 is 23.7 Å². The molecule has 5 atom stereocenters. The number of likely N-dealkylation sites (tertiary alicyclic amines) is 1. The van der Waals surface area contributed by atoms with Gasteiger partial charge in [-0.1, -0.05) is 0 Å². The van der Waals surface area contributed by atoms with Crippen LogP contribution in [0.1, 0.15) is 34.6 Å². The van der Waals surface area contributed by atoms with E-state index in [0.29, 0.717) is 13.2 Å². The fourth-order valence-corrected chi connectivity index (χ4v) is 3.84. The summed E-state index contributed by atoms with van der Waals surface area (Å²) in [6.07, 6.45) is -0.418. The van der Waals surface area contributed by atoms with E-state index in [1.54, 1.807) is 0 Å². The second-order valence-electron chi connectivity index (χ2n) is 7.39. The molecule has 0 amide bonds. The van der Waals surface area contributed by atoms with Gasteiger partial charge in [0.05, 0.1) is 19.8 Å². The lowest BCUT2D eigenvalue weighted by atomic mass is 10.0. The van der Waals surface area contributed by atoms with Gasteiger partial charge in [0, 0.05) is 6.54 Å². The number of ether oxygens (including phenoxy) is 5. The van der Waals surface area contributed by atoms with Crippen LogP contribution in [0.2, 0.25) is 0 Å². The van der Waals surface area contributed by atoms with Crippen LogP contribution in [0.4, 0.5) is 0 Å². The molecule has 7 nitrogen and oxygen atoms in total. The molecule has 0 aromatic rings. The first-order chi connectivity index (χ1) is 10.6. The molecule has 0 N–H and O–H groups in total. The summed E-state index contributed by atoms with van der Waals surface area (Å²) in [7, 11) is 1.40. The Labute approximate surface area is 137 Å². The first kappa shape index (κ1) is 17.1. The molecule has 0 aromatic heterocycles. The van der Waals surface area contributed by atoms with Crippen molar-refractivity contribution >= 4 is 5.97 Å². The lowest BCUT2D eigenvalue weighted by molar-refractivity contribution is -0.182. The zero-order chi connectivity index (χ0) is 17.0. The molecule has 132 valence electrons. The molecule has 3 aliphatic rings. The molecule has 7 heteroatoms. The highest BCUT2D eigenvalue weighted by atomic mass is 16.8. The van der Waals surface area contributed by atoms with Crippen LogP contribution in [-0.4, -0.2) is 73.1 Å². The van der Waals surface area contributed by atoms with E-state index >= 15 is 0 Å². The van der Waals surface area contributed by atoms with Crippen molar-refractivity contribution in [3.63, 3.8) is 0 Å². The zero-order valence-electron chi connectivity index (χ0n) is 14.7. The summed E-state index contributed by atoms with van der Waals surface area (Å²) < 4.78 is 28.8. The second kappa shape index (κ2) is 5.67. The van der Waals surface area contributed by atoms with E-state index in [4.69, 9.17) is 23.7 Å². The monoisotopic (exact) mass is 329 g/mol. The van der Waals surface area contributed by atoms with Gasteiger partial charge in [0.25, 0.3) is 0 Å². The Hall–Kier alpha value is -0.730. The maximum atomic E-state index is 12.0. The minimum absolute atomic E-state index is 0.0885. The predicted octanol–water partition coefficient (Wildman–Crippen LogP) is 0.904. The maximum Gasteiger partial charge on any atom is 0.322 e. The third kappa shape index (κ3) is 3.13. The summed E-state index contributed by atoms with van der Waals surface area (Å²) in [4.78, 5) is 14.1. The van der Waals surface area contributed by atoms with Gasteiger partial charge in [-0.25, -0.2) is 0 Å². The quantitative estimate of drug-likeness (QED) is 0.713. The summed E-state index contributed by atoms with van der Waals surface area (Å²) in [5.74, 6) is -1.52. The summed E-state index contributed by atoms with van der Waals surface area (Å²) >= 11 is 0. The van der Waals surface area contributed by atoms with Crippen molar-refractivity contribution in [2.75, 3.05) is 20.3 Å². The SMILES string of the molecule is COC(=O)[C@@H](C)N1C[C@@H]2OC(C)(C)O[C@@H]2[C@H]1C1COC(C)(C)O1. The Kier molecular flexibility index (Phi) is 4.21. The van der Waals surface area contributed by atoms with Crippen molar-refractivity contribution in [3.05, 3.63) is 0 Å². The van der Waals surface area contributed by atoms with E-state index in [1.165, 1.54) is 7.11 Å². The molecule has 3 saturated heterocycles. The molecule has 3 aliphatic heterocycles. The molecular weight excluding hydrogens is 302 g/mol. The number of esters is 1. The molecule has 23 heavy (non-hydrogen) atoms. The molecule has 0 aromatic carbocycles. The Morgan fingerprint density at radius 3 is 2.35 bits per heavy atom. The van der Waals surface area contributed by atoms with Crippen molar-refractivity contribution in [3.8, 4) is 0 Å². The highest BCUT2D eigenvalue weighted by Gasteiger charge is 2.58. The molecule has 1 unspecified atom stereocenters. The Balaban J connectivity index is 1.84. The molecular formula is C16H27NO6. The van der Waals surface area contributed by atoms with E-state index in [2.05, 4.69) is 4.90 Å². The first-order valence-corrected chi connectivity index (χ1v) is 8.14. The van der Waals surface area contributed by atoms with Crippen LogP contribution in [-0.2, 0) is 28.5 Å². The number of rotatable bonds is 3. The highest BCUT2D eigenvalue weighted by Crippen LogP contribution is 2.41. The smallest absolute Gasteiger partial charge is 0.322 e. The Morgan fingerprint density at radius 1 is 1.13 bits per heavy atom. The van der Waals surface area contributed by atoms with Crippen LogP contribution in [0, 0.1) is 0 Å². The van der Waals surface area contributed by atoms with Crippen LogP contribution in [0.3, 0.4) is 0 Å². The minimum Gasteiger partial charge on any atom is -0.468 e. The van der Waals surface area contributed by atoms with Gasteiger partial charge in [-0.05, 0) is 34.6 Å². The number of fused-ring (bicyclic) bond motifs is 1. The van der Waals surface area contributed by atoms with E-state index < -0.39 is 17.6 Å². The van der Waals surface area contributed by atoms with Crippen molar-refractivity contribution in [2.45, 2.75) is 76.6 Å². The predicted molar refractivity (Wildman–Crippen MR) is 80.7 cm³/mol. The van der Waals surface area contributed by atoms with Gasteiger partial charge >= 0.3 is 5.97 Å². The van der Waals surface area contributed by atoms with Crippen LogP contribution in [0.25, 0.3) is 0 Å². The van der Waals surface area contributed by atoms with E-state index in [0.717, 1.165) is 0 Å². The van der Waals surface area contributed by atoms with Crippen molar-refractivity contribution in [2.24, 2.45) is 0 Å². The summed E-state index contributed by atoms with van der Waals surface area (Å²) in [5.41, 5.74) is 0. The number of nitrogens with zero attached hydrogens (tertiary/aromatic N) is 1. The highest BCUT2D eigenvalue weighted by molar-refractivity contribution is 5.75. The average molecular weight is 329 g/mol. The van der Waals surface area contributed by atoms with Crippen LogP contribution in [0.5, 0.6) is 0 Å². The number of hydrogen-bond acceptors (Lipinski definition) is 7. The number of methoxy groups -OCH3 is 1. The third-order valence-electron chi connectivity index (χ3n) is 4.78. The van der Waals surface area contributed by atoms with Crippen LogP contribution in [0.15, 0.2) is 0 Å². The third-order valence-corrected chi connectivity index (χ3v) is 4.78. The van der Waals surface area contributed by atoms with Gasteiger partial charge in [0.1, 0.15) is 24.4 Å². The fraction of sp³-hybridized carbons (Fsp3) is 0.938. The number of carbonyl (C=O) groups excluding carboxylic acids is 1. The first-order valence-electron chi connectivity index (χ1n) is 8.14. The zero-order valence-corrected chi connectivity index (χ0v) is 14.7. The molecule has 3 heterocycles. The fourth-order valence-electron chi connectivity index (χ4n) is 3.84. The van der Waals surface area contributed by atoms with Gasteiger partial charge in [-0.15, -0.1) is 0 Å². The van der Waals surface area contributed by atoms with Crippen molar-refractivity contribution in [1.82, 2.24) is 4.90 Å². The molecule has 0 bridgehead atoms. The van der Waals surface area contributed by atoms with Crippen molar-refractivity contribution in [1.29, 1.82) is 0 Å². The van der Waals surface area contributed by atoms with Gasteiger partial charge in [0.2, 0.25) is 0 Å². The van der Waals surface area contributed by atoms with Gasteiger partial charge in [0.15, 0.2) is 11.6 Å². The van der Waals surface area contributed by atoms with E-state index in [-0.39, 0.29) is 30.3 Å². The minimum atomic E-state index is -0.627. The molecule has 0 spiro atoms. The lowest BCUT2D eigenvalue weighted by Crippen LogP contribution is -2.53. The Morgan fingerprint density at radius 2 is 1.78 bits per heavy atom. The topological polar surface area (TPSA) is 66.5 Å². The van der Waals surface area contributed by atoms with E-state index in [1.807, 2.05) is 34.6 Å². The summed E-state index contributed by atoms with van der Waals surface area (Å²) in [6.45, 7) is 10.5. The molecule has 3 rings (SSSR count). The van der Waals surface area contributed by atoms with Gasteiger partial charge in [-0.2, -0.15) is 0 Å². The molecule has 0 aliphatic carbocycles. The normalized spacial score (nSPS) is 40.1. The van der Waals surface area contributed by atoms with Gasteiger partial charge in [-0.3, -0.25) is 9.69 Å². The van der Waals surface area contributed by atoms with Crippen LogP contribution < -0.4 is 0 Å². The van der Waals surface area contributed by atoms with Crippen LogP contribution >= 0.6 is 0 Å². The maximum absolute atomic E-state index is 12.0. The Bertz CT molecular complexity index is 479. The molecule has 3 fully saturated rings. The second-order valence-corrected chi connectivity index (χ2v) is 7.39. The van der Waals surface area contributed by atoms with E-state index in [9.17, 15) is 4.79 Å². The average Bonchev–Trinajstić information content (AvgIpc) is 3.05. The number of carbonyl (C=O) groups is 1. The van der Waals surface area contributed by atoms with Crippen molar-refractivity contribution < 1.29 is 28.5 Å². The summed E-state index contributed by atoms with van der Waals surface area (Å²) in [5, 5.41) is 0. The standard InChI is InChI=1S/C16H27NO6/c1-9(14(18)19-6)17-7-10-13(23-16(4,5)21-10)12(17)11-8-20-15(2,3)22-11/h9-13H,7-8H2,1-6H3/t9-,10+,11?,12-,13+/m1/s1. The lowest BCUT2D eigenvalue weighted by Gasteiger charge is -2.35. The molecule has 0 saturated carbocycles. The largest absolute Gasteiger partial charge is 0.468 e. The number of hydrogen-bond donors (Lipinski definition) is 0. The molecule has 0 radical (unpaired) electrons.